The van der Waals surface area contributed by atoms with Gasteiger partial charge in [-0.1, -0.05) is 45.2 Å². The van der Waals surface area contributed by atoms with Crippen LogP contribution in [0.15, 0.2) is 29.4 Å². The van der Waals surface area contributed by atoms with Gasteiger partial charge in [0.2, 0.25) is 6.41 Å². The summed E-state index contributed by atoms with van der Waals surface area (Å²) in [6.07, 6.45) is 7.66. The van der Waals surface area contributed by atoms with Crippen molar-refractivity contribution in [3.63, 3.8) is 0 Å². The van der Waals surface area contributed by atoms with Gasteiger partial charge in [0.1, 0.15) is 5.75 Å². The van der Waals surface area contributed by atoms with Crippen LogP contribution in [0.2, 0.25) is 0 Å². The second kappa shape index (κ2) is 9.13. The minimum Gasteiger partial charge on any atom is -0.507 e. The third-order valence-electron chi connectivity index (χ3n) is 3.47. The van der Waals surface area contributed by atoms with Gasteiger partial charge in [-0.05, 0) is 30.4 Å². The Labute approximate surface area is 120 Å². The Morgan fingerprint density at radius 2 is 2.15 bits per heavy atom. The fourth-order valence-electron chi connectivity index (χ4n) is 2.00. The summed E-state index contributed by atoms with van der Waals surface area (Å²) in [7, 11) is 0. The van der Waals surface area contributed by atoms with E-state index in [1.165, 1.54) is 31.9 Å². The number of nitrogens with one attached hydrogen (secondary N) is 1. The molecule has 4 nitrogen and oxygen atoms in total. The summed E-state index contributed by atoms with van der Waals surface area (Å²) in [6.45, 7) is 4.63. The molecule has 2 rings (SSSR count). The maximum atomic E-state index is 9.79. The Kier molecular flexibility index (Phi) is 7.40. The van der Waals surface area contributed by atoms with Gasteiger partial charge in [0.25, 0.3) is 0 Å². The number of benzene rings is 1. The molecule has 110 valence electrons. The maximum absolute atomic E-state index is 9.79. The van der Waals surface area contributed by atoms with Crippen molar-refractivity contribution in [2.45, 2.75) is 39.5 Å². The monoisotopic (exact) mass is 276 g/mol. The van der Waals surface area contributed by atoms with Crippen molar-refractivity contribution in [2.75, 3.05) is 0 Å². The van der Waals surface area contributed by atoms with E-state index in [1.807, 2.05) is 0 Å². The third kappa shape index (κ3) is 6.36. The van der Waals surface area contributed by atoms with Crippen molar-refractivity contribution in [1.82, 2.24) is 5.43 Å². The quantitative estimate of drug-likeness (QED) is 0.476. The summed E-state index contributed by atoms with van der Waals surface area (Å²) in [6, 6.07) is 6.70. The van der Waals surface area contributed by atoms with Crippen LogP contribution >= 0.6 is 0 Å². The van der Waals surface area contributed by atoms with Gasteiger partial charge in [-0.15, -0.1) is 0 Å². The maximum Gasteiger partial charge on any atom is 0.227 e. The van der Waals surface area contributed by atoms with E-state index in [0.29, 0.717) is 12.0 Å². The molecule has 0 radical (unpaired) electrons. The molecule has 0 spiro atoms. The fraction of sp³-hybridized carbons (Fsp3) is 0.500. The Morgan fingerprint density at radius 1 is 1.45 bits per heavy atom. The molecule has 0 aromatic heterocycles. The number of carbonyl (C=O) groups is 1. The molecule has 1 fully saturated rings. The van der Waals surface area contributed by atoms with Crippen molar-refractivity contribution in [2.24, 2.45) is 16.9 Å². The molecule has 20 heavy (non-hydrogen) atoms. The van der Waals surface area contributed by atoms with Gasteiger partial charge in [-0.25, -0.2) is 5.43 Å². The molecule has 1 aliphatic rings. The molecule has 0 heterocycles. The van der Waals surface area contributed by atoms with Crippen molar-refractivity contribution in [3.8, 4) is 5.75 Å². The van der Waals surface area contributed by atoms with Crippen LogP contribution in [0.5, 0.6) is 5.75 Å². The van der Waals surface area contributed by atoms with E-state index in [0.717, 1.165) is 11.8 Å². The van der Waals surface area contributed by atoms with E-state index >= 15 is 0 Å². The number of rotatable bonds is 6. The molecule has 0 aliphatic heterocycles. The van der Waals surface area contributed by atoms with Gasteiger partial charge in [-0.3, -0.25) is 4.79 Å². The average Bonchev–Trinajstić information content (AvgIpc) is 3.15. The zero-order chi connectivity index (χ0) is 14.8. The van der Waals surface area contributed by atoms with Crippen molar-refractivity contribution in [3.05, 3.63) is 29.8 Å². The summed E-state index contributed by atoms with van der Waals surface area (Å²) in [5.41, 5.74) is 2.66. The molecule has 1 amide bonds. The molecular formula is C16H24N2O2. The van der Waals surface area contributed by atoms with E-state index in [1.54, 1.807) is 24.3 Å². The Bertz CT molecular complexity index is 432. The predicted octanol–water partition coefficient (Wildman–Crippen LogP) is 3.30. The molecule has 1 aromatic carbocycles. The van der Waals surface area contributed by atoms with E-state index < -0.39 is 0 Å². The van der Waals surface area contributed by atoms with E-state index in [2.05, 4.69) is 24.4 Å². The van der Waals surface area contributed by atoms with Crippen LogP contribution in [0, 0.1) is 11.8 Å². The lowest BCUT2D eigenvalue weighted by Crippen LogP contribution is -2.00. The van der Waals surface area contributed by atoms with Crippen LogP contribution in [0.25, 0.3) is 0 Å². The van der Waals surface area contributed by atoms with Crippen molar-refractivity contribution >= 4 is 12.6 Å². The first-order valence-corrected chi connectivity index (χ1v) is 7.19. The predicted molar refractivity (Wildman–Crippen MR) is 81.7 cm³/mol. The topological polar surface area (TPSA) is 61.7 Å². The van der Waals surface area contributed by atoms with Gasteiger partial charge in [0, 0.05) is 5.56 Å². The molecule has 0 bridgehead atoms. The number of amides is 1. The van der Waals surface area contributed by atoms with E-state index in [9.17, 15) is 9.90 Å². The number of hydrogen-bond acceptors (Lipinski definition) is 3. The largest absolute Gasteiger partial charge is 0.507 e. The minimum atomic E-state index is 0.133. The van der Waals surface area contributed by atoms with Crippen LogP contribution in [-0.2, 0) is 4.79 Å². The van der Waals surface area contributed by atoms with E-state index in [-0.39, 0.29) is 5.75 Å². The molecule has 4 heteroatoms. The number of para-hydroxylation sites is 1. The standard InChI is InChI=1S/C8H8N2O2.C8H16/c11-6-10-9-5-7-3-1-2-4-8(7)12;1-3-4-5-8-6-7(8)2/h1-6,12H,(H,10,11);7-8H,3-6H2,1-2H3/b9-5+;. The van der Waals surface area contributed by atoms with E-state index in [4.69, 9.17) is 0 Å². The molecule has 2 atom stereocenters. The number of hydrazone groups is 1. The Hall–Kier alpha value is -1.84. The summed E-state index contributed by atoms with van der Waals surface area (Å²) < 4.78 is 0. The highest BCUT2D eigenvalue weighted by atomic mass is 16.3. The normalized spacial score (nSPS) is 20.1. The SMILES string of the molecule is CCCCC1CC1C.O=CN/N=C/c1ccccc1O. The number of phenolic OH excluding ortho intramolecular Hbond substituents is 1. The van der Waals surface area contributed by atoms with Gasteiger partial charge in [0.15, 0.2) is 0 Å². The van der Waals surface area contributed by atoms with Gasteiger partial charge in [-0.2, -0.15) is 5.10 Å². The molecule has 1 aromatic rings. The first kappa shape index (κ1) is 16.2. The van der Waals surface area contributed by atoms with Crippen LogP contribution in [-0.4, -0.2) is 17.7 Å². The second-order valence-corrected chi connectivity index (χ2v) is 5.18. The second-order valence-electron chi connectivity index (χ2n) is 5.18. The highest BCUT2D eigenvalue weighted by molar-refractivity contribution is 5.83. The number of unbranched alkanes of at least 4 members (excludes halogenated alkanes) is 1. The number of phenols is 1. The zero-order valence-corrected chi connectivity index (χ0v) is 12.2. The highest BCUT2D eigenvalue weighted by Crippen LogP contribution is 2.41. The molecule has 1 saturated carbocycles. The minimum absolute atomic E-state index is 0.133. The van der Waals surface area contributed by atoms with Gasteiger partial charge >= 0.3 is 0 Å². The first-order chi connectivity index (χ1) is 9.69. The lowest BCUT2D eigenvalue weighted by Gasteiger charge is -1.95. The number of carbonyl (C=O) groups excluding carboxylic acids is 1. The summed E-state index contributed by atoms with van der Waals surface area (Å²) in [5, 5.41) is 12.7. The summed E-state index contributed by atoms with van der Waals surface area (Å²) in [5.74, 6) is 2.32. The van der Waals surface area contributed by atoms with Crippen molar-refractivity contribution in [1.29, 1.82) is 0 Å². The smallest absolute Gasteiger partial charge is 0.227 e. The van der Waals surface area contributed by atoms with Crippen LogP contribution in [0.3, 0.4) is 0 Å². The van der Waals surface area contributed by atoms with Crippen LogP contribution < -0.4 is 5.43 Å². The summed E-state index contributed by atoms with van der Waals surface area (Å²) in [4.78, 5) is 9.79. The molecule has 1 aliphatic carbocycles. The lowest BCUT2D eigenvalue weighted by molar-refractivity contribution is -0.109. The average molecular weight is 276 g/mol. The zero-order valence-electron chi connectivity index (χ0n) is 12.2. The number of aromatic hydroxyl groups is 1. The molecular weight excluding hydrogens is 252 g/mol. The van der Waals surface area contributed by atoms with Crippen LogP contribution in [0.1, 0.15) is 45.1 Å². The lowest BCUT2D eigenvalue weighted by atomic mass is 10.2. The van der Waals surface area contributed by atoms with Gasteiger partial charge < -0.3 is 5.11 Å². The number of hydrogen-bond donors (Lipinski definition) is 2. The number of nitrogens with zero attached hydrogens (tertiary/aromatic N) is 1. The highest BCUT2D eigenvalue weighted by Gasteiger charge is 2.30. The first-order valence-electron chi connectivity index (χ1n) is 7.19. The fourth-order valence-corrected chi connectivity index (χ4v) is 2.00. The van der Waals surface area contributed by atoms with Crippen molar-refractivity contribution < 1.29 is 9.90 Å². The molecule has 2 N–H and O–H groups in total. The third-order valence-corrected chi connectivity index (χ3v) is 3.47. The van der Waals surface area contributed by atoms with Gasteiger partial charge in [0.05, 0.1) is 6.21 Å². The van der Waals surface area contributed by atoms with Crippen LogP contribution in [0.4, 0.5) is 0 Å². The molecule has 0 saturated heterocycles. The summed E-state index contributed by atoms with van der Waals surface area (Å²) >= 11 is 0. The molecule has 2 unspecified atom stereocenters. The Morgan fingerprint density at radius 3 is 2.70 bits per heavy atom. The Balaban J connectivity index is 0.000000217.